The molecule has 1 atom stereocenters. The van der Waals surface area contributed by atoms with Crippen LogP contribution in [0.1, 0.15) is 24.8 Å². The van der Waals surface area contributed by atoms with E-state index in [1.165, 1.54) is 12.0 Å². The van der Waals surface area contributed by atoms with E-state index in [1.54, 1.807) is 0 Å². The predicted octanol–water partition coefficient (Wildman–Crippen LogP) is 2.67. The zero-order valence-electron chi connectivity index (χ0n) is 12.6. The molecular formula is C15H25Cl2N3O. The van der Waals surface area contributed by atoms with Crippen molar-refractivity contribution in [2.45, 2.75) is 31.8 Å². The molecule has 0 saturated carbocycles. The molecule has 1 aliphatic rings. The van der Waals surface area contributed by atoms with E-state index in [2.05, 4.69) is 21.6 Å². The molecule has 2 rings (SSSR count). The number of anilines is 1. The number of hydrogen-bond acceptors (Lipinski definition) is 3. The number of carbonyl (C=O) groups excluding carboxylic acids is 1. The Labute approximate surface area is 139 Å². The fourth-order valence-electron chi connectivity index (χ4n) is 2.42. The summed E-state index contributed by atoms with van der Waals surface area (Å²) in [5, 5.41) is 6.27. The van der Waals surface area contributed by atoms with Gasteiger partial charge < -0.3 is 15.5 Å². The van der Waals surface area contributed by atoms with E-state index < -0.39 is 0 Å². The molecule has 1 saturated heterocycles. The molecule has 0 aliphatic carbocycles. The first-order valence-electron chi connectivity index (χ1n) is 6.93. The van der Waals surface area contributed by atoms with Gasteiger partial charge in [0.1, 0.15) is 0 Å². The summed E-state index contributed by atoms with van der Waals surface area (Å²) in [6, 6.07) is 8.02. The van der Waals surface area contributed by atoms with Crippen molar-refractivity contribution in [3.63, 3.8) is 0 Å². The molecular weight excluding hydrogens is 309 g/mol. The topological polar surface area (TPSA) is 44.4 Å². The third kappa shape index (κ3) is 6.66. The molecule has 1 fully saturated rings. The minimum absolute atomic E-state index is 0. The fraction of sp³-hybridized carbons (Fsp3) is 0.533. The van der Waals surface area contributed by atoms with Gasteiger partial charge in [-0.3, -0.25) is 4.79 Å². The number of rotatable bonds is 4. The molecule has 4 nitrogen and oxygen atoms in total. The number of halogens is 2. The van der Waals surface area contributed by atoms with Gasteiger partial charge in [0.05, 0.1) is 6.04 Å². The van der Waals surface area contributed by atoms with Gasteiger partial charge in [-0.15, -0.1) is 24.8 Å². The second kappa shape index (κ2) is 10.0. The number of hydrogen-bond donors (Lipinski definition) is 2. The molecule has 1 aromatic carbocycles. The minimum atomic E-state index is -0.0359. The Morgan fingerprint density at radius 1 is 1.33 bits per heavy atom. The molecule has 0 spiro atoms. The largest absolute Gasteiger partial charge is 0.325 e. The van der Waals surface area contributed by atoms with E-state index in [0.29, 0.717) is 0 Å². The van der Waals surface area contributed by atoms with Crippen molar-refractivity contribution in [3.05, 3.63) is 29.8 Å². The Hall–Kier alpha value is -0.810. The normalized spacial score (nSPS) is 17.6. The predicted molar refractivity (Wildman–Crippen MR) is 92.6 cm³/mol. The lowest BCUT2D eigenvalue weighted by atomic mass is 10.0. The molecule has 21 heavy (non-hydrogen) atoms. The van der Waals surface area contributed by atoms with Crippen LogP contribution >= 0.6 is 24.8 Å². The first-order valence-corrected chi connectivity index (χ1v) is 6.93. The number of amides is 1. The maximum Gasteiger partial charge on any atom is 0.241 e. The van der Waals surface area contributed by atoms with Crippen molar-refractivity contribution in [1.29, 1.82) is 0 Å². The highest BCUT2D eigenvalue weighted by atomic mass is 35.5. The van der Waals surface area contributed by atoms with Crippen LogP contribution in [-0.2, 0) is 11.3 Å². The Kier molecular flexibility index (Phi) is 9.62. The summed E-state index contributed by atoms with van der Waals surface area (Å²) in [6.45, 7) is 1.82. The van der Waals surface area contributed by atoms with E-state index in [-0.39, 0.29) is 36.8 Å². The van der Waals surface area contributed by atoms with Gasteiger partial charge in [-0.2, -0.15) is 0 Å². The number of piperidine rings is 1. The van der Waals surface area contributed by atoms with E-state index in [0.717, 1.165) is 31.6 Å². The maximum absolute atomic E-state index is 12.1. The van der Waals surface area contributed by atoms with E-state index >= 15 is 0 Å². The average Bonchev–Trinajstić information content (AvgIpc) is 2.39. The van der Waals surface area contributed by atoms with Crippen molar-refractivity contribution in [1.82, 2.24) is 10.2 Å². The van der Waals surface area contributed by atoms with E-state index in [4.69, 9.17) is 0 Å². The molecule has 6 heteroatoms. The lowest BCUT2D eigenvalue weighted by Crippen LogP contribution is -2.43. The van der Waals surface area contributed by atoms with Crippen LogP contribution in [-0.4, -0.2) is 37.5 Å². The second-order valence-corrected chi connectivity index (χ2v) is 5.43. The molecule has 1 aromatic rings. The van der Waals surface area contributed by atoms with Crippen LogP contribution in [0.2, 0.25) is 0 Å². The van der Waals surface area contributed by atoms with Crippen LogP contribution in [0.25, 0.3) is 0 Å². The third-order valence-corrected chi connectivity index (χ3v) is 3.32. The van der Waals surface area contributed by atoms with Crippen LogP contribution < -0.4 is 10.6 Å². The summed E-state index contributed by atoms with van der Waals surface area (Å²) in [5.74, 6) is 0.0849. The van der Waals surface area contributed by atoms with Gasteiger partial charge in [0.15, 0.2) is 0 Å². The highest BCUT2D eigenvalue weighted by molar-refractivity contribution is 5.94. The van der Waals surface area contributed by atoms with Crippen molar-refractivity contribution in [2.24, 2.45) is 0 Å². The molecule has 0 unspecified atom stereocenters. The number of nitrogens with one attached hydrogen (secondary N) is 2. The minimum Gasteiger partial charge on any atom is -0.325 e. The Morgan fingerprint density at radius 3 is 2.71 bits per heavy atom. The summed E-state index contributed by atoms with van der Waals surface area (Å²) >= 11 is 0. The van der Waals surface area contributed by atoms with Crippen molar-refractivity contribution in [3.8, 4) is 0 Å². The molecule has 0 bridgehead atoms. The molecule has 2 N–H and O–H groups in total. The zero-order valence-corrected chi connectivity index (χ0v) is 14.2. The zero-order chi connectivity index (χ0) is 13.7. The maximum atomic E-state index is 12.1. The van der Waals surface area contributed by atoms with Crippen molar-refractivity contribution < 1.29 is 4.79 Å². The van der Waals surface area contributed by atoms with Gasteiger partial charge in [0.25, 0.3) is 0 Å². The van der Waals surface area contributed by atoms with Crippen molar-refractivity contribution in [2.75, 3.05) is 26.0 Å². The molecule has 1 heterocycles. The molecule has 0 radical (unpaired) electrons. The van der Waals surface area contributed by atoms with Gasteiger partial charge in [-0.25, -0.2) is 0 Å². The number of carbonyl (C=O) groups is 1. The van der Waals surface area contributed by atoms with Gasteiger partial charge in [0, 0.05) is 12.2 Å². The first-order chi connectivity index (χ1) is 9.15. The molecule has 120 valence electrons. The monoisotopic (exact) mass is 333 g/mol. The van der Waals surface area contributed by atoms with Crippen LogP contribution in [0, 0.1) is 0 Å². The van der Waals surface area contributed by atoms with Crippen LogP contribution in [0.4, 0.5) is 5.69 Å². The lowest BCUT2D eigenvalue weighted by Gasteiger charge is -2.22. The Bertz CT molecular complexity index is 435. The molecule has 0 aromatic heterocycles. The Morgan fingerprint density at radius 2 is 2.10 bits per heavy atom. The van der Waals surface area contributed by atoms with Gasteiger partial charge in [0.2, 0.25) is 5.91 Å². The second-order valence-electron chi connectivity index (χ2n) is 5.43. The summed E-state index contributed by atoms with van der Waals surface area (Å²) in [6.07, 6.45) is 3.23. The standard InChI is InChI=1S/C15H23N3O.2ClH/c1-18(2)11-12-6-5-7-13(10-12)17-15(19)14-8-3-4-9-16-14;;/h5-7,10,14,16H,3-4,8-9,11H2,1-2H3,(H,17,19);2*1H/t14-;;/m0../s1. The highest BCUT2D eigenvalue weighted by Crippen LogP contribution is 2.14. The number of benzene rings is 1. The fourth-order valence-corrected chi connectivity index (χ4v) is 2.42. The SMILES string of the molecule is CN(C)Cc1cccc(NC(=O)[C@@H]2CCCCN2)c1.Cl.Cl. The summed E-state index contributed by atoms with van der Waals surface area (Å²) in [5.41, 5.74) is 2.09. The molecule has 1 aliphatic heterocycles. The van der Waals surface area contributed by atoms with Gasteiger partial charge >= 0.3 is 0 Å². The highest BCUT2D eigenvalue weighted by Gasteiger charge is 2.20. The quantitative estimate of drug-likeness (QED) is 0.890. The van der Waals surface area contributed by atoms with Crippen molar-refractivity contribution >= 4 is 36.4 Å². The van der Waals surface area contributed by atoms with E-state index in [9.17, 15) is 4.79 Å². The summed E-state index contributed by atoms with van der Waals surface area (Å²) in [4.78, 5) is 14.2. The summed E-state index contributed by atoms with van der Waals surface area (Å²) < 4.78 is 0. The summed E-state index contributed by atoms with van der Waals surface area (Å²) in [7, 11) is 4.08. The Balaban J connectivity index is 0.00000200. The van der Waals surface area contributed by atoms with Crippen LogP contribution in [0.3, 0.4) is 0 Å². The lowest BCUT2D eigenvalue weighted by molar-refractivity contribution is -0.118. The first kappa shape index (κ1) is 20.2. The molecule has 1 amide bonds. The van der Waals surface area contributed by atoms with Gasteiger partial charge in [-0.1, -0.05) is 18.6 Å². The van der Waals surface area contributed by atoms with Gasteiger partial charge in [-0.05, 0) is 51.2 Å². The number of nitrogens with zero attached hydrogens (tertiary/aromatic N) is 1. The van der Waals surface area contributed by atoms with Crippen LogP contribution in [0.15, 0.2) is 24.3 Å². The van der Waals surface area contributed by atoms with E-state index in [1.807, 2.05) is 32.3 Å². The average molecular weight is 334 g/mol. The van der Waals surface area contributed by atoms with Crippen LogP contribution in [0.5, 0.6) is 0 Å². The third-order valence-electron chi connectivity index (χ3n) is 3.32. The smallest absolute Gasteiger partial charge is 0.241 e.